The van der Waals surface area contributed by atoms with E-state index in [1.165, 1.54) is 5.56 Å². The normalized spacial score (nSPS) is 11.4. The highest BCUT2D eigenvalue weighted by Crippen LogP contribution is 2.31. The molecule has 4 rings (SSSR count). The van der Waals surface area contributed by atoms with Crippen LogP contribution >= 0.6 is 0 Å². The van der Waals surface area contributed by atoms with Gasteiger partial charge in [0.25, 0.3) is 0 Å². The van der Waals surface area contributed by atoms with Crippen LogP contribution in [0.15, 0.2) is 96.6 Å². The number of carboxylic acids is 1. The molecule has 5 heteroatoms. The highest BCUT2D eigenvalue weighted by molar-refractivity contribution is 5.97. The van der Waals surface area contributed by atoms with Gasteiger partial charge in [0, 0.05) is 24.6 Å². The molecule has 1 amide bonds. The zero-order valence-corrected chi connectivity index (χ0v) is 21.2. The van der Waals surface area contributed by atoms with Crippen molar-refractivity contribution in [2.24, 2.45) is 0 Å². The molecular weight excluding hydrogens is 462 g/mol. The second kappa shape index (κ2) is 12.0. The molecule has 0 saturated heterocycles. The van der Waals surface area contributed by atoms with E-state index < -0.39 is 5.97 Å². The number of likely N-dealkylation sites (N-methyl/N-ethyl adjacent to an activating group) is 1. The van der Waals surface area contributed by atoms with Crippen LogP contribution in [0, 0.1) is 0 Å². The average molecular weight is 494 g/mol. The van der Waals surface area contributed by atoms with Crippen LogP contribution in [0.3, 0.4) is 0 Å². The Hall–Kier alpha value is -4.38. The van der Waals surface area contributed by atoms with Gasteiger partial charge in [-0.05, 0) is 59.2 Å². The molecule has 0 unspecified atom stereocenters. The lowest BCUT2D eigenvalue weighted by Gasteiger charge is -2.19. The van der Waals surface area contributed by atoms with Crippen molar-refractivity contribution in [3.8, 4) is 5.75 Å². The van der Waals surface area contributed by atoms with Crippen molar-refractivity contribution >= 4 is 28.7 Å². The molecule has 0 aliphatic carbocycles. The van der Waals surface area contributed by atoms with Gasteiger partial charge < -0.3 is 14.7 Å². The van der Waals surface area contributed by atoms with Crippen LogP contribution in [-0.2, 0) is 29.0 Å². The quantitative estimate of drug-likeness (QED) is 0.269. The van der Waals surface area contributed by atoms with Gasteiger partial charge >= 0.3 is 5.97 Å². The third-order valence-corrected chi connectivity index (χ3v) is 6.37. The molecule has 5 nitrogen and oxygen atoms in total. The minimum absolute atomic E-state index is 0.00363. The Kier molecular flexibility index (Phi) is 8.37. The first-order chi connectivity index (χ1) is 17.9. The fourth-order valence-electron chi connectivity index (χ4n) is 4.23. The number of nitrogens with zero attached hydrogens (tertiary/aromatic N) is 1. The number of hydrogen-bond donors (Lipinski definition) is 1. The van der Waals surface area contributed by atoms with Crippen LogP contribution in [0.1, 0.15) is 29.2 Å². The fraction of sp³-hybridized carbons (Fsp3) is 0.188. The second-order valence-corrected chi connectivity index (χ2v) is 9.17. The molecule has 188 valence electrons. The van der Waals surface area contributed by atoms with Crippen molar-refractivity contribution in [3.63, 3.8) is 0 Å². The van der Waals surface area contributed by atoms with E-state index in [2.05, 4.69) is 12.1 Å². The summed E-state index contributed by atoms with van der Waals surface area (Å²) in [5.74, 6) is -0.286. The van der Waals surface area contributed by atoms with Crippen molar-refractivity contribution in [3.05, 3.63) is 119 Å². The number of aliphatic carboxylic acids is 1. The van der Waals surface area contributed by atoms with Crippen LogP contribution in [0.25, 0.3) is 16.8 Å². The van der Waals surface area contributed by atoms with Gasteiger partial charge in [0.2, 0.25) is 5.91 Å². The van der Waals surface area contributed by atoms with Gasteiger partial charge in [0.1, 0.15) is 12.4 Å². The van der Waals surface area contributed by atoms with Gasteiger partial charge in [-0.3, -0.25) is 4.79 Å². The number of benzene rings is 4. The second-order valence-electron chi connectivity index (χ2n) is 9.17. The Morgan fingerprint density at radius 3 is 2.22 bits per heavy atom. The Balaban J connectivity index is 1.63. The summed E-state index contributed by atoms with van der Waals surface area (Å²) in [5.41, 5.74) is 4.01. The van der Waals surface area contributed by atoms with E-state index in [9.17, 15) is 14.7 Å². The van der Waals surface area contributed by atoms with E-state index in [1.807, 2.05) is 85.9 Å². The van der Waals surface area contributed by atoms with E-state index in [4.69, 9.17) is 4.74 Å². The van der Waals surface area contributed by atoms with Gasteiger partial charge in [-0.25, -0.2) is 4.79 Å². The first-order valence-electron chi connectivity index (χ1n) is 12.3. The maximum atomic E-state index is 13.2. The van der Waals surface area contributed by atoms with Crippen LogP contribution in [-0.4, -0.2) is 35.5 Å². The smallest absolute Gasteiger partial charge is 0.331 e. The number of carbonyl (C=O) groups excluding carboxylic acids is 1. The molecule has 4 aromatic rings. The number of hydrogen-bond acceptors (Lipinski definition) is 3. The summed E-state index contributed by atoms with van der Waals surface area (Å²) < 4.78 is 6.18. The lowest BCUT2D eigenvalue weighted by Crippen LogP contribution is -2.30. The van der Waals surface area contributed by atoms with Gasteiger partial charge in [-0.1, -0.05) is 78.9 Å². The first-order valence-corrected chi connectivity index (χ1v) is 12.3. The molecule has 1 N–H and O–H groups in total. The Bertz CT molecular complexity index is 1410. The molecule has 0 spiro atoms. The van der Waals surface area contributed by atoms with Crippen LogP contribution < -0.4 is 4.74 Å². The molecule has 0 radical (unpaired) electrons. The number of fused-ring (bicyclic) bond motifs is 1. The van der Waals surface area contributed by atoms with E-state index in [0.29, 0.717) is 18.9 Å². The molecule has 37 heavy (non-hydrogen) atoms. The molecule has 0 heterocycles. The fourth-order valence-corrected chi connectivity index (χ4v) is 4.23. The highest BCUT2D eigenvalue weighted by Gasteiger charge is 2.15. The lowest BCUT2D eigenvalue weighted by molar-refractivity contribution is -0.132. The molecular formula is C32H31NO4. The van der Waals surface area contributed by atoms with Crippen LogP contribution in [0.2, 0.25) is 0 Å². The summed E-state index contributed by atoms with van der Waals surface area (Å²) in [6.45, 7) is 2.58. The van der Waals surface area contributed by atoms with E-state index >= 15 is 0 Å². The van der Waals surface area contributed by atoms with Crippen LogP contribution in [0.5, 0.6) is 5.75 Å². The molecule has 0 aromatic heterocycles. The minimum Gasteiger partial charge on any atom is -0.488 e. The van der Waals surface area contributed by atoms with Crippen molar-refractivity contribution in [1.29, 1.82) is 0 Å². The molecule has 0 fully saturated rings. The van der Waals surface area contributed by atoms with Crippen molar-refractivity contribution in [2.75, 3.05) is 13.6 Å². The predicted molar refractivity (Wildman–Crippen MR) is 147 cm³/mol. The van der Waals surface area contributed by atoms with E-state index in [1.54, 1.807) is 17.9 Å². The van der Waals surface area contributed by atoms with E-state index in [0.717, 1.165) is 33.9 Å². The Labute approximate surface area is 217 Å². The number of carbonyl (C=O) groups is 2. The number of rotatable bonds is 10. The zero-order valence-electron chi connectivity index (χ0n) is 21.2. The molecule has 0 atom stereocenters. The maximum absolute atomic E-state index is 13.2. The van der Waals surface area contributed by atoms with Crippen molar-refractivity contribution in [1.82, 2.24) is 4.90 Å². The van der Waals surface area contributed by atoms with Gasteiger partial charge in [-0.15, -0.1) is 0 Å². The highest BCUT2D eigenvalue weighted by atomic mass is 16.5. The van der Waals surface area contributed by atoms with Gasteiger partial charge in [-0.2, -0.15) is 0 Å². The van der Waals surface area contributed by atoms with Gasteiger partial charge in [0.05, 0.1) is 6.42 Å². The number of carboxylic acid groups (broad SMARTS) is 1. The third kappa shape index (κ3) is 6.85. The summed E-state index contributed by atoms with van der Waals surface area (Å²) in [4.78, 5) is 26.4. The molecule has 0 aliphatic rings. The standard InChI is InChI=1S/C32H31NO4/c1-23(32(35)36)18-26-19-27(21-31(34)33(2)17-16-24-10-5-3-6-11-24)28-14-9-15-30(29(28)20-26)37-22-25-12-7-4-8-13-25/h3-15,18-20H,16-17,21-22H2,1-2H3,(H,35,36)/b23-18+. The monoisotopic (exact) mass is 493 g/mol. The largest absolute Gasteiger partial charge is 0.488 e. The number of ether oxygens (including phenoxy) is 1. The minimum atomic E-state index is -0.980. The van der Waals surface area contributed by atoms with Gasteiger partial charge in [0.15, 0.2) is 0 Å². The number of amides is 1. The van der Waals surface area contributed by atoms with Crippen molar-refractivity contribution < 1.29 is 19.4 Å². The SMILES string of the molecule is C/C(=C\c1cc(CC(=O)N(C)CCc2ccccc2)c2cccc(OCc3ccccc3)c2c1)C(=O)O. The molecule has 0 aliphatic heterocycles. The van der Waals surface area contributed by atoms with E-state index in [-0.39, 0.29) is 17.9 Å². The summed E-state index contributed by atoms with van der Waals surface area (Å²) >= 11 is 0. The summed E-state index contributed by atoms with van der Waals surface area (Å²) in [6, 6.07) is 29.6. The summed E-state index contributed by atoms with van der Waals surface area (Å²) in [5, 5.41) is 11.2. The van der Waals surface area contributed by atoms with Crippen LogP contribution in [0.4, 0.5) is 0 Å². The first kappa shape index (κ1) is 25.7. The molecule has 0 saturated carbocycles. The summed E-state index contributed by atoms with van der Waals surface area (Å²) in [6.07, 6.45) is 2.61. The average Bonchev–Trinajstić information content (AvgIpc) is 2.91. The zero-order chi connectivity index (χ0) is 26.2. The third-order valence-electron chi connectivity index (χ3n) is 6.37. The topological polar surface area (TPSA) is 66.8 Å². The van der Waals surface area contributed by atoms with Crippen molar-refractivity contribution in [2.45, 2.75) is 26.4 Å². The molecule has 4 aromatic carbocycles. The predicted octanol–water partition coefficient (Wildman–Crippen LogP) is 6.15. The molecule has 0 bridgehead atoms. The summed E-state index contributed by atoms with van der Waals surface area (Å²) in [7, 11) is 1.82. The maximum Gasteiger partial charge on any atom is 0.331 e. The Morgan fingerprint density at radius 2 is 1.54 bits per heavy atom. The lowest BCUT2D eigenvalue weighted by atomic mass is 9.96. The Morgan fingerprint density at radius 1 is 0.865 bits per heavy atom.